The molecule has 2 aromatic carbocycles. The number of carbonyl (C=O) groups excluding carboxylic acids is 2. The van der Waals surface area contributed by atoms with Crippen LogP contribution < -0.4 is 5.32 Å². The highest BCUT2D eigenvalue weighted by molar-refractivity contribution is 7.89. The van der Waals surface area contributed by atoms with Crippen LogP contribution in [-0.4, -0.2) is 30.6 Å². The first kappa shape index (κ1) is 20.1. The van der Waals surface area contributed by atoms with Crippen LogP contribution in [0.15, 0.2) is 41.3 Å². The summed E-state index contributed by atoms with van der Waals surface area (Å²) in [5.41, 5.74) is 4.42. The van der Waals surface area contributed by atoms with Crippen molar-refractivity contribution in [2.45, 2.75) is 51.5 Å². The number of nitrogens with one attached hydrogen (secondary N) is 1. The second-order valence-electron chi connectivity index (χ2n) is 7.33. The summed E-state index contributed by atoms with van der Waals surface area (Å²) in [5, 5.41) is 2.83. The molecule has 0 unspecified atom stereocenters. The molecule has 3 rings (SSSR count). The van der Waals surface area contributed by atoms with E-state index in [1.54, 1.807) is 12.1 Å². The van der Waals surface area contributed by atoms with E-state index in [0.717, 1.165) is 26.6 Å². The molecule has 0 radical (unpaired) electrons. The van der Waals surface area contributed by atoms with Crippen LogP contribution in [0.2, 0.25) is 0 Å². The number of sulfonamides is 1. The molecule has 1 saturated heterocycles. The first-order valence-corrected chi connectivity index (χ1v) is 10.6. The van der Waals surface area contributed by atoms with Crippen molar-refractivity contribution in [3.8, 4) is 0 Å². The largest absolute Gasteiger partial charge is 0.324 e. The number of hydrogen-bond donors (Lipinski definition) is 1. The van der Waals surface area contributed by atoms with E-state index >= 15 is 0 Å². The zero-order chi connectivity index (χ0) is 20.6. The van der Waals surface area contributed by atoms with E-state index in [-0.39, 0.29) is 17.7 Å². The Balaban J connectivity index is 1.92. The predicted octanol–water partition coefficient (Wildman–Crippen LogP) is 3.24. The molecule has 1 aliphatic heterocycles. The van der Waals surface area contributed by atoms with Crippen LogP contribution >= 0.6 is 0 Å². The molecule has 28 heavy (non-hydrogen) atoms. The van der Waals surface area contributed by atoms with Crippen LogP contribution in [0, 0.1) is 27.7 Å². The molecule has 0 bridgehead atoms. The fraction of sp³-hybridized carbons (Fsp3) is 0.333. The molecular weight excluding hydrogens is 376 g/mol. The van der Waals surface area contributed by atoms with Crippen LogP contribution in [0.5, 0.6) is 0 Å². The number of amides is 2. The average molecular weight is 401 g/mol. The number of anilines is 1. The maximum absolute atomic E-state index is 13.0. The molecular formula is C21H24N2O4S. The van der Waals surface area contributed by atoms with Gasteiger partial charge in [-0.3, -0.25) is 9.59 Å². The van der Waals surface area contributed by atoms with Crippen molar-refractivity contribution in [2.24, 2.45) is 0 Å². The lowest BCUT2D eigenvalue weighted by atomic mass is 10.0. The molecule has 2 amide bonds. The number of nitrogens with zero attached hydrogens (tertiary/aromatic N) is 1. The van der Waals surface area contributed by atoms with E-state index < -0.39 is 27.9 Å². The van der Waals surface area contributed by atoms with Gasteiger partial charge >= 0.3 is 0 Å². The summed E-state index contributed by atoms with van der Waals surface area (Å²) in [5.74, 6) is -1.05. The van der Waals surface area contributed by atoms with Gasteiger partial charge in [0.15, 0.2) is 0 Å². The highest BCUT2D eigenvalue weighted by Gasteiger charge is 2.44. The molecule has 0 aliphatic carbocycles. The van der Waals surface area contributed by atoms with E-state index in [4.69, 9.17) is 0 Å². The highest BCUT2D eigenvalue weighted by Crippen LogP contribution is 2.29. The number of carbonyl (C=O) groups is 2. The lowest BCUT2D eigenvalue weighted by molar-refractivity contribution is -0.128. The van der Waals surface area contributed by atoms with Crippen molar-refractivity contribution in [3.05, 3.63) is 58.7 Å². The van der Waals surface area contributed by atoms with Gasteiger partial charge in [0, 0.05) is 12.1 Å². The first-order chi connectivity index (χ1) is 13.1. The number of benzene rings is 2. The highest BCUT2D eigenvalue weighted by atomic mass is 32.2. The molecule has 1 N–H and O–H groups in total. The van der Waals surface area contributed by atoms with Crippen LogP contribution in [0.3, 0.4) is 0 Å². The van der Waals surface area contributed by atoms with Gasteiger partial charge in [-0.1, -0.05) is 35.4 Å². The smallest absolute Gasteiger partial charge is 0.267 e. The van der Waals surface area contributed by atoms with E-state index in [1.165, 1.54) is 12.1 Å². The molecule has 1 atom stereocenters. The molecule has 0 aromatic heterocycles. The van der Waals surface area contributed by atoms with Crippen molar-refractivity contribution in [3.63, 3.8) is 0 Å². The molecule has 148 valence electrons. The maximum Gasteiger partial charge on any atom is 0.267 e. The van der Waals surface area contributed by atoms with Crippen molar-refractivity contribution < 1.29 is 18.0 Å². The third-order valence-electron chi connectivity index (χ3n) is 4.97. The van der Waals surface area contributed by atoms with Crippen molar-refractivity contribution >= 4 is 27.5 Å². The Morgan fingerprint density at radius 2 is 1.57 bits per heavy atom. The Hall–Kier alpha value is -2.67. The van der Waals surface area contributed by atoms with Crippen molar-refractivity contribution in [1.82, 2.24) is 4.31 Å². The van der Waals surface area contributed by atoms with Crippen LogP contribution in [0.4, 0.5) is 5.69 Å². The first-order valence-electron chi connectivity index (χ1n) is 9.14. The van der Waals surface area contributed by atoms with Crippen LogP contribution in [0.25, 0.3) is 0 Å². The standard InChI is InChI=1S/C21H24N2O4S/c1-13-5-7-17(8-6-13)28(26,27)23-18(9-10-19(23)24)21(25)22-20-15(3)11-14(2)12-16(20)4/h5-8,11-12,18H,9-10H2,1-4H3,(H,22,25)/t18-/m1/s1. The monoisotopic (exact) mass is 400 g/mol. The second kappa shape index (κ2) is 7.39. The normalized spacial score (nSPS) is 17.1. The maximum atomic E-state index is 13.0. The van der Waals surface area contributed by atoms with E-state index in [1.807, 2.05) is 39.8 Å². The second-order valence-corrected chi connectivity index (χ2v) is 9.14. The summed E-state index contributed by atoms with van der Waals surface area (Å²) in [7, 11) is -4.10. The minimum absolute atomic E-state index is 0.00819. The summed E-state index contributed by atoms with van der Waals surface area (Å²) in [6, 6.07) is 9.09. The zero-order valence-corrected chi connectivity index (χ0v) is 17.3. The number of rotatable bonds is 4. The molecule has 0 saturated carbocycles. The zero-order valence-electron chi connectivity index (χ0n) is 16.4. The molecule has 6 nitrogen and oxygen atoms in total. The van der Waals surface area contributed by atoms with Crippen LogP contribution in [0.1, 0.15) is 35.1 Å². The summed E-state index contributed by atoms with van der Waals surface area (Å²) < 4.78 is 26.8. The Morgan fingerprint density at radius 1 is 1.00 bits per heavy atom. The van der Waals surface area contributed by atoms with Crippen molar-refractivity contribution in [1.29, 1.82) is 0 Å². The summed E-state index contributed by atoms with van der Waals surface area (Å²) >= 11 is 0. The molecule has 7 heteroatoms. The molecule has 0 spiro atoms. The topological polar surface area (TPSA) is 83.6 Å². The lowest BCUT2D eigenvalue weighted by Crippen LogP contribution is -2.45. The summed E-state index contributed by atoms with van der Waals surface area (Å²) in [6.45, 7) is 7.59. The number of aryl methyl sites for hydroxylation is 4. The summed E-state index contributed by atoms with van der Waals surface area (Å²) in [6.07, 6.45) is 0.189. The summed E-state index contributed by atoms with van der Waals surface area (Å²) in [4.78, 5) is 25.3. The molecule has 1 aliphatic rings. The SMILES string of the molecule is Cc1ccc(S(=O)(=O)N2C(=O)CC[C@@H]2C(=O)Nc2c(C)cc(C)cc2C)cc1. The Morgan fingerprint density at radius 3 is 2.14 bits per heavy atom. The van der Waals surface area contributed by atoms with E-state index in [2.05, 4.69) is 5.32 Å². The Kier molecular flexibility index (Phi) is 5.30. The Bertz CT molecular complexity index is 1020. The van der Waals surface area contributed by atoms with Gasteiger partial charge in [0.25, 0.3) is 10.0 Å². The molecule has 2 aromatic rings. The van der Waals surface area contributed by atoms with Gasteiger partial charge < -0.3 is 5.32 Å². The van der Waals surface area contributed by atoms with E-state index in [9.17, 15) is 18.0 Å². The minimum atomic E-state index is -4.10. The molecule has 1 heterocycles. The van der Waals surface area contributed by atoms with Gasteiger partial charge in [0.2, 0.25) is 11.8 Å². The lowest BCUT2D eigenvalue weighted by Gasteiger charge is -2.24. The molecule has 1 fully saturated rings. The van der Waals surface area contributed by atoms with Gasteiger partial charge in [0.05, 0.1) is 4.90 Å². The average Bonchev–Trinajstić information content (AvgIpc) is 3.01. The van der Waals surface area contributed by atoms with Gasteiger partial charge in [-0.05, 0) is 57.4 Å². The van der Waals surface area contributed by atoms with Gasteiger partial charge in [0.1, 0.15) is 6.04 Å². The van der Waals surface area contributed by atoms with Crippen molar-refractivity contribution in [2.75, 3.05) is 5.32 Å². The van der Waals surface area contributed by atoms with Gasteiger partial charge in [-0.25, -0.2) is 12.7 Å². The third-order valence-corrected chi connectivity index (χ3v) is 6.81. The Labute approximate surface area is 165 Å². The fourth-order valence-corrected chi connectivity index (χ4v) is 5.21. The fourth-order valence-electron chi connectivity index (χ4n) is 3.61. The van der Waals surface area contributed by atoms with E-state index in [0.29, 0.717) is 5.69 Å². The van der Waals surface area contributed by atoms with Crippen LogP contribution in [-0.2, 0) is 19.6 Å². The predicted molar refractivity (Wildman–Crippen MR) is 108 cm³/mol. The van der Waals surface area contributed by atoms with Gasteiger partial charge in [-0.2, -0.15) is 0 Å². The number of hydrogen-bond acceptors (Lipinski definition) is 4. The quantitative estimate of drug-likeness (QED) is 0.854. The van der Waals surface area contributed by atoms with Gasteiger partial charge in [-0.15, -0.1) is 0 Å². The minimum Gasteiger partial charge on any atom is -0.324 e. The third kappa shape index (κ3) is 3.67.